The second kappa shape index (κ2) is 6.42. The van der Waals surface area contributed by atoms with Crippen molar-refractivity contribution in [3.8, 4) is 5.75 Å². The maximum atomic E-state index is 11.9. The summed E-state index contributed by atoms with van der Waals surface area (Å²) >= 11 is 11.5. The maximum absolute atomic E-state index is 11.9. The lowest BCUT2D eigenvalue weighted by Gasteiger charge is -2.17. The highest BCUT2D eigenvalue weighted by molar-refractivity contribution is 7.90. The number of carbonyl (C=O) groups is 1. The summed E-state index contributed by atoms with van der Waals surface area (Å²) in [5.74, 6) is 0.225. The molecule has 0 saturated carbocycles. The van der Waals surface area contributed by atoms with Crippen LogP contribution in [0.3, 0.4) is 0 Å². The number of aryl methyl sites for hydroxylation is 1. The van der Waals surface area contributed by atoms with Crippen LogP contribution in [-0.4, -0.2) is 40.1 Å². The molecule has 0 N–H and O–H groups in total. The molecule has 1 heterocycles. The molecule has 0 amide bonds. The van der Waals surface area contributed by atoms with Gasteiger partial charge in [0.1, 0.15) is 4.90 Å². The number of rotatable bonds is 5. The molecule has 0 saturated heterocycles. The van der Waals surface area contributed by atoms with Gasteiger partial charge in [-0.2, -0.15) is 0 Å². The van der Waals surface area contributed by atoms with Gasteiger partial charge in [-0.3, -0.25) is 4.79 Å². The van der Waals surface area contributed by atoms with Crippen molar-refractivity contribution in [2.45, 2.75) is 25.0 Å². The number of benzene rings is 1. The molecule has 0 aliphatic heterocycles. The molecule has 0 radical (unpaired) electrons. The Bertz CT molecular complexity index is 866. The predicted molar refractivity (Wildman–Crippen MR) is 82.6 cm³/mol. The lowest BCUT2D eigenvalue weighted by molar-refractivity contribution is 0.107. The number of carbonyl (C=O) groups excluding carboxylic acids is 1. The van der Waals surface area contributed by atoms with Crippen LogP contribution >= 0.6 is 23.2 Å². The van der Waals surface area contributed by atoms with Crippen LogP contribution in [0.15, 0.2) is 17.0 Å². The number of tetrazole rings is 1. The normalized spacial score (nSPS) is 12.9. The van der Waals surface area contributed by atoms with Crippen LogP contribution in [0.1, 0.15) is 29.3 Å². The highest BCUT2D eigenvalue weighted by Crippen LogP contribution is 2.37. The van der Waals surface area contributed by atoms with E-state index in [0.717, 1.165) is 11.1 Å². The summed E-state index contributed by atoms with van der Waals surface area (Å²) in [7, 11) is -3.65. The van der Waals surface area contributed by atoms with E-state index in [1.807, 2.05) is 0 Å². The summed E-state index contributed by atoms with van der Waals surface area (Å²) in [4.78, 5) is 12.3. The number of ether oxygens (including phenoxy) is 1. The topological polar surface area (TPSA) is 104 Å². The van der Waals surface area contributed by atoms with Crippen LogP contribution in [0.25, 0.3) is 0 Å². The Morgan fingerprint density at radius 2 is 2.04 bits per heavy atom. The lowest BCUT2D eigenvalue weighted by atomic mass is 10.2. The van der Waals surface area contributed by atoms with Crippen molar-refractivity contribution < 1.29 is 17.9 Å². The van der Waals surface area contributed by atoms with Gasteiger partial charge >= 0.3 is 0 Å². The molecular formula is C12H12Cl2N4O4S. The van der Waals surface area contributed by atoms with Gasteiger partial charge in [0.25, 0.3) is 5.24 Å². The Balaban J connectivity index is 2.54. The summed E-state index contributed by atoms with van der Waals surface area (Å²) in [5, 5.41) is 10.4. The molecule has 0 spiro atoms. The Kier molecular flexibility index (Phi) is 4.92. The predicted octanol–water partition coefficient (Wildman–Crippen LogP) is 2.01. The van der Waals surface area contributed by atoms with Crippen molar-refractivity contribution in [3.63, 3.8) is 0 Å². The SMILES string of the molecule is Cc1nnn(C(C)Oc2c(S(C)(=O)=O)ccc(C(=O)Cl)c2Cl)n1. The van der Waals surface area contributed by atoms with Gasteiger partial charge in [0.15, 0.2) is 21.4 Å². The first-order valence-electron chi connectivity index (χ1n) is 6.26. The number of hydrogen-bond donors (Lipinski definition) is 0. The zero-order valence-corrected chi connectivity index (χ0v) is 14.6. The lowest BCUT2D eigenvalue weighted by Crippen LogP contribution is -2.17. The van der Waals surface area contributed by atoms with E-state index in [-0.39, 0.29) is 21.2 Å². The molecule has 0 bridgehead atoms. The standard InChI is InChI=1S/C12H12Cl2N4O4S/c1-6-15-17-18(16-6)7(2)22-11-9(23(3,20)21)5-4-8(10(11)13)12(14)19/h4-5,7H,1-3H3. The molecular weight excluding hydrogens is 367 g/mol. The molecule has 2 rings (SSSR count). The number of halogens is 2. The molecule has 1 aromatic carbocycles. The minimum absolute atomic E-state index is 0.0642. The first-order valence-corrected chi connectivity index (χ1v) is 8.91. The van der Waals surface area contributed by atoms with Gasteiger partial charge < -0.3 is 4.74 Å². The van der Waals surface area contributed by atoms with Gasteiger partial charge in [-0.15, -0.1) is 15.0 Å². The van der Waals surface area contributed by atoms with Crippen molar-refractivity contribution in [3.05, 3.63) is 28.5 Å². The molecule has 0 aliphatic carbocycles. The van der Waals surface area contributed by atoms with Gasteiger partial charge in [0.2, 0.25) is 6.23 Å². The summed E-state index contributed by atoms with van der Waals surface area (Å²) < 4.78 is 29.4. The van der Waals surface area contributed by atoms with Crippen molar-refractivity contribution in [2.24, 2.45) is 0 Å². The molecule has 23 heavy (non-hydrogen) atoms. The first kappa shape index (κ1) is 17.6. The smallest absolute Gasteiger partial charge is 0.254 e. The van der Waals surface area contributed by atoms with E-state index in [0.29, 0.717) is 5.82 Å². The van der Waals surface area contributed by atoms with Gasteiger partial charge in [0.05, 0.1) is 10.6 Å². The van der Waals surface area contributed by atoms with Crippen molar-refractivity contribution >= 4 is 38.3 Å². The zero-order chi connectivity index (χ0) is 17.4. The summed E-state index contributed by atoms with van der Waals surface area (Å²) in [6, 6.07) is 2.43. The van der Waals surface area contributed by atoms with E-state index < -0.39 is 21.3 Å². The third-order valence-corrected chi connectivity index (χ3v) is 4.51. The second-order valence-electron chi connectivity index (χ2n) is 4.67. The van der Waals surface area contributed by atoms with Gasteiger partial charge in [-0.1, -0.05) is 11.6 Å². The molecule has 124 valence electrons. The molecule has 1 atom stereocenters. The van der Waals surface area contributed by atoms with Crippen LogP contribution in [0.2, 0.25) is 5.02 Å². The van der Waals surface area contributed by atoms with Gasteiger partial charge in [-0.25, -0.2) is 8.42 Å². The minimum atomic E-state index is -3.65. The van der Waals surface area contributed by atoms with Crippen LogP contribution in [0.5, 0.6) is 5.75 Å². The fourth-order valence-electron chi connectivity index (χ4n) is 1.76. The highest BCUT2D eigenvalue weighted by Gasteiger charge is 2.24. The molecule has 2 aromatic rings. The largest absolute Gasteiger partial charge is 0.464 e. The average Bonchev–Trinajstić information content (AvgIpc) is 2.85. The van der Waals surface area contributed by atoms with E-state index in [1.54, 1.807) is 13.8 Å². The van der Waals surface area contributed by atoms with Crippen molar-refractivity contribution in [1.82, 2.24) is 20.2 Å². The van der Waals surface area contributed by atoms with Crippen LogP contribution in [0, 0.1) is 6.92 Å². The minimum Gasteiger partial charge on any atom is -0.464 e. The Morgan fingerprint density at radius 3 is 2.52 bits per heavy atom. The maximum Gasteiger partial charge on any atom is 0.254 e. The summed E-state index contributed by atoms with van der Waals surface area (Å²) in [6.45, 7) is 3.20. The van der Waals surface area contributed by atoms with E-state index in [2.05, 4.69) is 15.4 Å². The van der Waals surface area contributed by atoms with E-state index in [1.165, 1.54) is 12.1 Å². The van der Waals surface area contributed by atoms with Crippen LogP contribution in [-0.2, 0) is 9.84 Å². The van der Waals surface area contributed by atoms with E-state index in [9.17, 15) is 13.2 Å². The summed E-state index contributed by atoms with van der Waals surface area (Å²) in [5.41, 5.74) is -0.0642. The Morgan fingerprint density at radius 1 is 1.39 bits per heavy atom. The number of nitrogens with zero attached hydrogens (tertiary/aromatic N) is 4. The molecule has 11 heteroatoms. The number of aromatic nitrogens is 4. The van der Waals surface area contributed by atoms with Crippen molar-refractivity contribution in [1.29, 1.82) is 0 Å². The molecule has 1 aromatic heterocycles. The van der Waals surface area contributed by atoms with E-state index in [4.69, 9.17) is 27.9 Å². The Labute approximate surface area is 142 Å². The third kappa shape index (κ3) is 3.80. The monoisotopic (exact) mass is 378 g/mol. The first-order chi connectivity index (χ1) is 10.6. The van der Waals surface area contributed by atoms with E-state index >= 15 is 0 Å². The molecule has 0 fully saturated rings. The number of sulfone groups is 1. The third-order valence-electron chi connectivity index (χ3n) is 2.81. The highest BCUT2D eigenvalue weighted by atomic mass is 35.5. The molecule has 0 aliphatic rings. The second-order valence-corrected chi connectivity index (χ2v) is 7.38. The van der Waals surface area contributed by atoms with Crippen molar-refractivity contribution in [2.75, 3.05) is 6.26 Å². The average molecular weight is 379 g/mol. The zero-order valence-electron chi connectivity index (χ0n) is 12.3. The molecule has 1 unspecified atom stereocenters. The van der Waals surface area contributed by atoms with Gasteiger partial charge in [0, 0.05) is 6.26 Å². The number of hydrogen-bond acceptors (Lipinski definition) is 7. The van der Waals surface area contributed by atoms with Gasteiger partial charge in [-0.05, 0) is 42.8 Å². The quantitative estimate of drug-likeness (QED) is 0.732. The van der Waals surface area contributed by atoms with Crippen LogP contribution < -0.4 is 4.74 Å². The summed E-state index contributed by atoms with van der Waals surface area (Å²) in [6.07, 6.45) is 0.186. The Hall–Kier alpha value is -1.71. The fourth-order valence-corrected chi connectivity index (χ4v) is 3.12. The van der Waals surface area contributed by atoms with Crippen LogP contribution in [0.4, 0.5) is 0 Å². The molecule has 8 nitrogen and oxygen atoms in total. The fraction of sp³-hybridized carbons (Fsp3) is 0.333.